The lowest BCUT2D eigenvalue weighted by molar-refractivity contribution is 0.257. The van der Waals surface area contributed by atoms with Crippen LogP contribution in [0.4, 0.5) is 0 Å². The van der Waals surface area contributed by atoms with Gasteiger partial charge in [0.05, 0.1) is 5.02 Å². The van der Waals surface area contributed by atoms with Crippen molar-refractivity contribution in [2.45, 2.75) is 26.2 Å². The fourth-order valence-electron chi connectivity index (χ4n) is 2.76. The van der Waals surface area contributed by atoms with Crippen molar-refractivity contribution in [3.8, 4) is 11.5 Å². The predicted octanol–water partition coefficient (Wildman–Crippen LogP) is 2.96. The molecular formula is C15H19ClN4O. The average molecular weight is 307 g/mol. The van der Waals surface area contributed by atoms with E-state index in [1.54, 1.807) is 18.3 Å². The third kappa shape index (κ3) is 3.60. The second-order valence-electron chi connectivity index (χ2n) is 5.66. The molecule has 0 amide bonds. The molecular weight excluding hydrogens is 288 g/mol. The number of nitrogens with zero attached hydrogens (tertiary/aromatic N) is 3. The zero-order chi connectivity index (χ0) is 14.7. The first-order valence-electron chi connectivity index (χ1n) is 7.37. The Balaban J connectivity index is 1.65. The molecule has 1 fully saturated rings. The molecule has 0 spiro atoms. The molecule has 2 unspecified atom stereocenters. The van der Waals surface area contributed by atoms with Gasteiger partial charge in [-0.2, -0.15) is 4.98 Å². The van der Waals surface area contributed by atoms with Crippen LogP contribution < -0.4 is 5.32 Å². The minimum absolute atomic E-state index is 0.524. The summed E-state index contributed by atoms with van der Waals surface area (Å²) in [5.41, 5.74) is 0.682. The molecule has 0 aromatic carbocycles. The van der Waals surface area contributed by atoms with E-state index < -0.39 is 0 Å². The highest BCUT2D eigenvalue weighted by atomic mass is 35.5. The minimum Gasteiger partial charge on any atom is -0.339 e. The summed E-state index contributed by atoms with van der Waals surface area (Å²) in [6, 6.07) is 3.57. The molecule has 0 saturated carbocycles. The zero-order valence-electron chi connectivity index (χ0n) is 12.1. The molecule has 3 rings (SSSR count). The Morgan fingerprint density at radius 2 is 2.38 bits per heavy atom. The van der Waals surface area contributed by atoms with Gasteiger partial charge in [0, 0.05) is 12.6 Å². The van der Waals surface area contributed by atoms with E-state index in [1.165, 1.54) is 12.8 Å². The molecule has 21 heavy (non-hydrogen) atoms. The second-order valence-corrected chi connectivity index (χ2v) is 6.10. The van der Waals surface area contributed by atoms with E-state index in [-0.39, 0.29) is 0 Å². The van der Waals surface area contributed by atoms with Crippen molar-refractivity contribution in [3.05, 3.63) is 29.2 Å². The summed E-state index contributed by atoms with van der Waals surface area (Å²) in [7, 11) is 0. The Morgan fingerprint density at radius 1 is 1.48 bits per heavy atom. The fraction of sp³-hybridized carbons (Fsp3) is 0.533. The first kappa shape index (κ1) is 14.5. The summed E-state index contributed by atoms with van der Waals surface area (Å²) >= 11 is 5.83. The van der Waals surface area contributed by atoms with Gasteiger partial charge in [0.15, 0.2) is 0 Å². The first-order valence-corrected chi connectivity index (χ1v) is 7.75. The van der Waals surface area contributed by atoms with E-state index in [4.69, 9.17) is 16.1 Å². The van der Waals surface area contributed by atoms with Gasteiger partial charge in [-0.1, -0.05) is 23.7 Å². The normalized spacial score (nSPS) is 20.4. The second kappa shape index (κ2) is 6.54. The number of hydrogen-bond donors (Lipinski definition) is 1. The Morgan fingerprint density at radius 3 is 3.10 bits per heavy atom. The predicted molar refractivity (Wildman–Crippen MR) is 81.0 cm³/mol. The van der Waals surface area contributed by atoms with Gasteiger partial charge in [0.25, 0.3) is 0 Å². The van der Waals surface area contributed by atoms with E-state index in [9.17, 15) is 0 Å². The van der Waals surface area contributed by atoms with Gasteiger partial charge in [-0.15, -0.1) is 0 Å². The van der Waals surface area contributed by atoms with Gasteiger partial charge in [0.1, 0.15) is 5.69 Å². The van der Waals surface area contributed by atoms with Gasteiger partial charge in [-0.05, 0) is 49.9 Å². The van der Waals surface area contributed by atoms with Crippen molar-refractivity contribution in [1.82, 2.24) is 20.4 Å². The summed E-state index contributed by atoms with van der Waals surface area (Å²) in [5.74, 6) is 2.42. The van der Waals surface area contributed by atoms with E-state index in [2.05, 4.69) is 27.4 Å². The largest absolute Gasteiger partial charge is 0.339 e. The highest BCUT2D eigenvalue weighted by molar-refractivity contribution is 6.30. The Kier molecular flexibility index (Phi) is 4.51. The number of halogens is 1. The van der Waals surface area contributed by atoms with Crippen LogP contribution in [0.5, 0.6) is 0 Å². The topological polar surface area (TPSA) is 63.8 Å². The van der Waals surface area contributed by atoms with Crippen molar-refractivity contribution in [3.63, 3.8) is 0 Å². The van der Waals surface area contributed by atoms with Gasteiger partial charge in [0.2, 0.25) is 11.7 Å². The van der Waals surface area contributed by atoms with Crippen molar-refractivity contribution in [2.24, 2.45) is 11.8 Å². The lowest BCUT2D eigenvalue weighted by Crippen LogP contribution is -2.33. The fourth-order valence-corrected chi connectivity index (χ4v) is 2.87. The molecule has 1 N–H and O–H groups in total. The maximum atomic E-state index is 5.83. The molecule has 0 radical (unpaired) electrons. The number of nitrogens with one attached hydrogen (secondary N) is 1. The molecule has 0 aliphatic carbocycles. The van der Waals surface area contributed by atoms with Gasteiger partial charge in [-0.25, -0.2) is 0 Å². The van der Waals surface area contributed by atoms with Crippen LogP contribution in [0.1, 0.15) is 25.7 Å². The lowest BCUT2D eigenvalue weighted by Gasteiger charge is -2.27. The van der Waals surface area contributed by atoms with Crippen LogP contribution in [0.15, 0.2) is 22.9 Å². The SMILES string of the molecule is CC(Cc1nc(-c2ccc(Cl)cn2)no1)C1CCCNC1. The van der Waals surface area contributed by atoms with Crippen LogP contribution in [0, 0.1) is 11.8 Å². The standard InChI is InChI=1S/C15H19ClN4O/c1-10(11-3-2-6-17-8-11)7-14-19-15(20-21-14)13-5-4-12(16)9-18-13/h4-5,9-11,17H,2-3,6-8H2,1H3. The number of hydrogen-bond acceptors (Lipinski definition) is 5. The zero-order valence-corrected chi connectivity index (χ0v) is 12.8. The highest BCUT2D eigenvalue weighted by Gasteiger charge is 2.22. The van der Waals surface area contributed by atoms with Crippen LogP contribution >= 0.6 is 11.6 Å². The van der Waals surface area contributed by atoms with Crippen LogP contribution in [-0.2, 0) is 6.42 Å². The van der Waals surface area contributed by atoms with Gasteiger partial charge in [-0.3, -0.25) is 4.98 Å². The highest BCUT2D eigenvalue weighted by Crippen LogP contribution is 2.24. The summed E-state index contributed by atoms with van der Waals surface area (Å²) in [5, 5.41) is 8.05. The van der Waals surface area contributed by atoms with E-state index >= 15 is 0 Å². The molecule has 2 aromatic rings. The maximum Gasteiger partial charge on any atom is 0.227 e. The van der Waals surface area contributed by atoms with Crippen LogP contribution in [0.3, 0.4) is 0 Å². The molecule has 1 aliphatic rings. The summed E-state index contributed by atoms with van der Waals surface area (Å²) < 4.78 is 5.36. The Labute approximate surface area is 129 Å². The van der Waals surface area contributed by atoms with Gasteiger partial charge >= 0.3 is 0 Å². The van der Waals surface area contributed by atoms with Crippen LogP contribution in [0.25, 0.3) is 11.5 Å². The van der Waals surface area contributed by atoms with Crippen LogP contribution in [-0.4, -0.2) is 28.2 Å². The smallest absolute Gasteiger partial charge is 0.227 e. The van der Waals surface area contributed by atoms with Crippen LogP contribution in [0.2, 0.25) is 5.02 Å². The monoisotopic (exact) mass is 306 g/mol. The van der Waals surface area contributed by atoms with Crippen molar-refractivity contribution < 1.29 is 4.52 Å². The quantitative estimate of drug-likeness (QED) is 0.941. The first-order chi connectivity index (χ1) is 10.2. The Bertz CT molecular complexity index is 578. The molecule has 3 heterocycles. The number of piperidine rings is 1. The molecule has 112 valence electrons. The third-order valence-corrected chi connectivity index (χ3v) is 4.28. The lowest BCUT2D eigenvalue weighted by atomic mass is 9.85. The van der Waals surface area contributed by atoms with Gasteiger partial charge < -0.3 is 9.84 Å². The third-order valence-electron chi connectivity index (χ3n) is 4.06. The number of aromatic nitrogens is 3. The molecule has 5 nitrogen and oxygen atoms in total. The molecule has 2 aromatic heterocycles. The minimum atomic E-state index is 0.524. The Hall–Kier alpha value is -1.46. The van der Waals surface area contributed by atoms with Crippen molar-refractivity contribution in [2.75, 3.05) is 13.1 Å². The summed E-state index contributed by atoms with van der Waals surface area (Å²) in [6.07, 6.45) is 4.92. The van der Waals surface area contributed by atoms with Crippen molar-refractivity contribution >= 4 is 11.6 Å². The molecule has 1 saturated heterocycles. The summed E-state index contributed by atoms with van der Waals surface area (Å²) in [6.45, 7) is 4.47. The molecule has 1 aliphatic heterocycles. The average Bonchev–Trinajstić information content (AvgIpc) is 2.97. The van der Waals surface area contributed by atoms with E-state index in [1.807, 2.05) is 0 Å². The van der Waals surface area contributed by atoms with E-state index in [0.29, 0.717) is 34.3 Å². The number of rotatable bonds is 4. The maximum absolute atomic E-state index is 5.83. The molecule has 6 heteroatoms. The number of pyridine rings is 1. The summed E-state index contributed by atoms with van der Waals surface area (Å²) in [4.78, 5) is 8.65. The van der Waals surface area contributed by atoms with E-state index in [0.717, 1.165) is 19.5 Å². The van der Waals surface area contributed by atoms with Crippen molar-refractivity contribution in [1.29, 1.82) is 0 Å². The molecule has 0 bridgehead atoms. The molecule has 2 atom stereocenters.